The highest BCUT2D eigenvalue weighted by molar-refractivity contribution is 14.0. The summed E-state index contributed by atoms with van der Waals surface area (Å²) in [7, 11) is 3.25. The van der Waals surface area contributed by atoms with Gasteiger partial charge in [0, 0.05) is 30.8 Å². The van der Waals surface area contributed by atoms with Crippen molar-refractivity contribution in [3.05, 3.63) is 22.2 Å². The van der Waals surface area contributed by atoms with Gasteiger partial charge in [0.15, 0.2) is 17.5 Å². The molecule has 1 aromatic rings. The molecular formula is C19H31BrIN3O4. The number of guanidine groups is 1. The van der Waals surface area contributed by atoms with E-state index in [2.05, 4.69) is 31.6 Å². The Labute approximate surface area is 193 Å². The molecule has 1 atom stereocenters. The van der Waals surface area contributed by atoms with Gasteiger partial charge in [-0.2, -0.15) is 0 Å². The molecule has 7 nitrogen and oxygen atoms in total. The molecule has 2 N–H and O–H groups in total. The highest BCUT2D eigenvalue weighted by Crippen LogP contribution is 2.33. The average molecular weight is 572 g/mol. The van der Waals surface area contributed by atoms with Crippen LogP contribution in [0.15, 0.2) is 21.6 Å². The summed E-state index contributed by atoms with van der Waals surface area (Å²) in [5.41, 5.74) is 1.02. The lowest BCUT2D eigenvalue weighted by Gasteiger charge is -2.14. The summed E-state index contributed by atoms with van der Waals surface area (Å²) in [5, 5.41) is 6.61. The topological polar surface area (TPSA) is 73.3 Å². The van der Waals surface area contributed by atoms with Gasteiger partial charge in [-0.1, -0.05) is 15.9 Å². The Kier molecular flexibility index (Phi) is 12.8. The largest absolute Gasteiger partial charge is 0.493 e. The molecule has 1 heterocycles. The van der Waals surface area contributed by atoms with Crippen LogP contribution in [0.4, 0.5) is 0 Å². The molecule has 1 aromatic carbocycles. The lowest BCUT2D eigenvalue weighted by molar-refractivity contribution is 0.0420. The fourth-order valence-corrected chi connectivity index (χ4v) is 3.14. The third kappa shape index (κ3) is 8.30. The smallest absolute Gasteiger partial charge is 0.191 e. The SMILES string of the molecule is CCNC(=NCc1cc(OC)c(OC)cc1Br)NCCCOC1CCOC1.I. The van der Waals surface area contributed by atoms with E-state index in [1.54, 1.807) is 14.2 Å². The van der Waals surface area contributed by atoms with Gasteiger partial charge in [-0.25, -0.2) is 4.99 Å². The minimum atomic E-state index is 0. The number of halogens is 2. The maximum atomic E-state index is 5.78. The van der Waals surface area contributed by atoms with Crippen LogP contribution in [0.25, 0.3) is 0 Å². The first-order valence-corrected chi connectivity index (χ1v) is 10.1. The molecule has 0 amide bonds. The Morgan fingerprint density at radius 3 is 2.64 bits per heavy atom. The van der Waals surface area contributed by atoms with E-state index in [4.69, 9.17) is 18.9 Å². The van der Waals surface area contributed by atoms with E-state index in [0.717, 1.165) is 61.7 Å². The molecular weight excluding hydrogens is 541 g/mol. The number of hydrogen-bond acceptors (Lipinski definition) is 5. The van der Waals surface area contributed by atoms with Crippen LogP contribution in [-0.4, -0.2) is 59.2 Å². The average Bonchev–Trinajstić information content (AvgIpc) is 3.19. The molecule has 0 radical (unpaired) electrons. The lowest BCUT2D eigenvalue weighted by atomic mass is 10.2. The molecule has 1 aliphatic heterocycles. The lowest BCUT2D eigenvalue weighted by Crippen LogP contribution is -2.38. The molecule has 2 rings (SSSR count). The highest BCUT2D eigenvalue weighted by atomic mass is 127. The molecule has 0 bridgehead atoms. The Balaban J connectivity index is 0.00000392. The van der Waals surface area contributed by atoms with E-state index in [1.807, 2.05) is 19.1 Å². The first-order chi connectivity index (χ1) is 13.2. The monoisotopic (exact) mass is 571 g/mol. The second-order valence-electron chi connectivity index (χ2n) is 6.13. The van der Waals surface area contributed by atoms with Crippen molar-refractivity contribution in [2.75, 3.05) is 47.1 Å². The normalized spacial score (nSPS) is 16.4. The minimum absolute atomic E-state index is 0. The summed E-state index contributed by atoms with van der Waals surface area (Å²) in [6, 6.07) is 3.83. The van der Waals surface area contributed by atoms with Gasteiger partial charge >= 0.3 is 0 Å². The van der Waals surface area contributed by atoms with Crippen molar-refractivity contribution in [1.82, 2.24) is 10.6 Å². The summed E-state index contributed by atoms with van der Waals surface area (Å²) in [5.74, 6) is 2.16. The fraction of sp³-hybridized carbons (Fsp3) is 0.632. The van der Waals surface area contributed by atoms with E-state index in [1.165, 1.54) is 0 Å². The van der Waals surface area contributed by atoms with Crippen LogP contribution in [0.2, 0.25) is 0 Å². The Morgan fingerprint density at radius 1 is 1.25 bits per heavy atom. The van der Waals surface area contributed by atoms with E-state index < -0.39 is 0 Å². The summed E-state index contributed by atoms with van der Waals surface area (Å²) in [4.78, 5) is 4.66. The number of ether oxygens (including phenoxy) is 4. The predicted octanol–water partition coefficient (Wildman–Crippen LogP) is 3.34. The number of nitrogens with one attached hydrogen (secondary N) is 2. The summed E-state index contributed by atoms with van der Waals surface area (Å²) >= 11 is 3.57. The van der Waals surface area contributed by atoms with Gasteiger partial charge in [0.1, 0.15) is 0 Å². The van der Waals surface area contributed by atoms with Crippen molar-refractivity contribution in [3.8, 4) is 11.5 Å². The molecule has 0 saturated carbocycles. The Morgan fingerprint density at radius 2 is 2.00 bits per heavy atom. The zero-order chi connectivity index (χ0) is 19.5. The van der Waals surface area contributed by atoms with Gasteiger partial charge in [0.05, 0.1) is 33.5 Å². The van der Waals surface area contributed by atoms with Crippen LogP contribution in [0, 0.1) is 0 Å². The van der Waals surface area contributed by atoms with Gasteiger partial charge < -0.3 is 29.6 Å². The number of nitrogens with zero attached hydrogens (tertiary/aromatic N) is 1. The van der Waals surface area contributed by atoms with Crippen molar-refractivity contribution in [1.29, 1.82) is 0 Å². The second-order valence-corrected chi connectivity index (χ2v) is 6.98. The molecule has 1 aliphatic rings. The second kappa shape index (κ2) is 14.2. The van der Waals surface area contributed by atoms with Gasteiger partial charge in [0.25, 0.3) is 0 Å². The van der Waals surface area contributed by atoms with Crippen LogP contribution in [0.5, 0.6) is 11.5 Å². The van der Waals surface area contributed by atoms with Crippen molar-refractivity contribution in [2.45, 2.75) is 32.4 Å². The first-order valence-electron chi connectivity index (χ1n) is 9.29. The Bertz CT molecular complexity index is 613. The summed E-state index contributed by atoms with van der Waals surface area (Å²) in [6.45, 7) is 6.42. The van der Waals surface area contributed by atoms with E-state index >= 15 is 0 Å². The zero-order valence-corrected chi connectivity index (χ0v) is 20.7. The van der Waals surface area contributed by atoms with Crippen molar-refractivity contribution < 1.29 is 18.9 Å². The standard InChI is InChI=1S/C19H30BrN3O4.HI/c1-4-21-19(22-7-5-8-27-15-6-9-26-13-15)23-12-14-10-17(24-2)18(25-3)11-16(14)20;/h10-11,15H,4-9,12-13H2,1-3H3,(H2,21,22,23);1H. The molecule has 1 fully saturated rings. The van der Waals surface area contributed by atoms with Crippen molar-refractivity contribution in [3.63, 3.8) is 0 Å². The Hall–Kier alpha value is -0.780. The van der Waals surface area contributed by atoms with Crippen LogP contribution in [0.3, 0.4) is 0 Å². The van der Waals surface area contributed by atoms with E-state index in [9.17, 15) is 0 Å². The van der Waals surface area contributed by atoms with Gasteiger partial charge in [-0.3, -0.25) is 0 Å². The van der Waals surface area contributed by atoms with Crippen molar-refractivity contribution >= 4 is 45.9 Å². The molecule has 1 unspecified atom stereocenters. The number of benzene rings is 1. The summed E-state index contributed by atoms with van der Waals surface area (Å²) < 4.78 is 22.7. The third-order valence-electron chi connectivity index (χ3n) is 4.16. The molecule has 9 heteroatoms. The number of rotatable bonds is 10. The molecule has 160 valence electrons. The minimum Gasteiger partial charge on any atom is -0.493 e. The molecule has 1 saturated heterocycles. The van der Waals surface area contributed by atoms with Crippen LogP contribution >= 0.6 is 39.9 Å². The van der Waals surface area contributed by atoms with Crippen molar-refractivity contribution in [2.24, 2.45) is 4.99 Å². The highest BCUT2D eigenvalue weighted by Gasteiger charge is 2.15. The van der Waals surface area contributed by atoms with Gasteiger partial charge in [0.2, 0.25) is 0 Å². The summed E-state index contributed by atoms with van der Waals surface area (Å²) in [6.07, 6.45) is 2.17. The first kappa shape index (κ1) is 25.3. The number of methoxy groups -OCH3 is 2. The zero-order valence-electron chi connectivity index (χ0n) is 16.8. The van der Waals surface area contributed by atoms with Crippen LogP contribution < -0.4 is 20.1 Å². The fourth-order valence-electron chi connectivity index (χ4n) is 2.70. The molecule has 0 spiro atoms. The van der Waals surface area contributed by atoms with Gasteiger partial charge in [-0.15, -0.1) is 24.0 Å². The molecule has 28 heavy (non-hydrogen) atoms. The quantitative estimate of drug-likeness (QED) is 0.194. The third-order valence-corrected chi connectivity index (χ3v) is 4.90. The molecule has 0 aromatic heterocycles. The van der Waals surface area contributed by atoms with E-state index in [-0.39, 0.29) is 30.1 Å². The van der Waals surface area contributed by atoms with Gasteiger partial charge in [-0.05, 0) is 37.5 Å². The van der Waals surface area contributed by atoms with Crippen LogP contribution in [0.1, 0.15) is 25.3 Å². The van der Waals surface area contributed by atoms with E-state index in [0.29, 0.717) is 18.0 Å². The molecule has 0 aliphatic carbocycles. The maximum absolute atomic E-state index is 5.78. The maximum Gasteiger partial charge on any atom is 0.191 e. The van der Waals surface area contributed by atoms with Crippen LogP contribution in [-0.2, 0) is 16.0 Å². The number of hydrogen-bond donors (Lipinski definition) is 2. The predicted molar refractivity (Wildman–Crippen MR) is 125 cm³/mol. The number of aliphatic imine (C=N–C) groups is 1.